The Balaban J connectivity index is 1.81. The Morgan fingerprint density at radius 1 is 1.11 bits per heavy atom. The number of H-pyrrole nitrogens is 1. The fraction of sp³-hybridized carbons (Fsp3) is 0.0556. The second-order valence-corrected chi connectivity index (χ2v) is 6.14. The molecule has 0 aliphatic carbocycles. The molecule has 136 valence electrons. The third-order valence-electron chi connectivity index (χ3n) is 3.93. The lowest BCUT2D eigenvalue weighted by Gasteiger charge is -2.06. The van der Waals surface area contributed by atoms with Gasteiger partial charge in [-0.25, -0.2) is 9.37 Å². The van der Waals surface area contributed by atoms with Crippen LogP contribution in [-0.2, 0) is 7.05 Å². The molecular formula is C18H11ClF2N4O2. The van der Waals surface area contributed by atoms with Gasteiger partial charge in [-0.1, -0.05) is 17.7 Å². The van der Waals surface area contributed by atoms with E-state index in [0.29, 0.717) is 10.8 Å². The summed E-state index contributed by atoms with van der Waals surface area (Å²) < 4.78 is 33.9. The molecule has 0 atom stereocenters. The van der Waals surface area contributed by atoms with Crippen LogP contribution in [-0.4, -0.2) is 19.5 Å². The number of fused-ring (bicyclic) bond motifs is 1. The molecule has 9 heteroatoms. The van der Waals surface area contributed by atoms with Gasteiger partial charge in [0.2, 0.25) is 5.82 Å². The minimum Gasteiger partial charge on any atom is -0.422 e. The summed E-state index contributed by atoms with van der Waals surface area (Å²) in [5, 5.41) is 0.571. The molecule has 4 rings (SSSR count). The summed E-state index contributed by atoms with van der Waals surface area (Å²) in [6.45, 7) is 0. The van der Waals surface area contributed by atoms with Gasteiger partial charge in [-0.05, 0) is 36.4 Å². The van der Waals surface area contributed by atoms with Crippen molar-refractivity contribution in [3.8, 4) is 23.1 Å². The number of benzene rings is 2. The SMILES string of the molecule is Cn1c(-c2ccc(Cl)cc2)nc2c(=O)[nH]c(Oc3cccc(F)c3F)nc21. The van der Waals surface area contributed by atoms with Gasteiger partial charge in [0, 0.05) is 17.6 Å². The van der Waals surface area contributed by atoms with Gasteiger partial charge in [-0.15, -0.1) is 0 Å². The van der Waals surface area contributed by atoms with E-state index in [1.165, 1.54) is 12.1 Å². The number of halogens is 3. The molecule has 0 amide bonds. The number of ether oxygens (including phenoxy) is 1. The molecule has 0 radical (unpaired) electrons. The number of imidazole rings is 1. The molecule has 0 bridgehead atoms. The summed E-state index contributed by atoms with van der Waals surface area (Å²) in [5.74, 6) is -2.14. The van der Waals surface area contributed by atoms with Crippen LogP contribution in [0.5, 0.6) is 11.8 Å². The summed E-state index contributed by atoms with van der Waals surface area (Å²) >= 11 is 5.90. The maximum Gasteiger partial charge on any atom is 0.304 e. The zero-order valence-corrected chi connectivity index (χ0v) is 14.6. The molecule has 2 aromatic heterocycles. The standard InChI is InChI=1S/C18H11ClF2N4O2/c1-25-15(9-5-7-10(19)8-6-9)22-14-16(25)23-18(24-17(14)26)27-12-4-2-3-11(20)13(12)21/h2-8H,1H3,(H,23,24,26). The molecule has 0 aliphatic heterocycles. The number of aromatic amines is 1. The van der Waals surface area contributed by atoms with Crippen molar-refractivity contribution in [1.82, 2.24) is 19.5 Å². The lowest BCUT2D eigenvalue weighted by molar-refractivity contribution is 0.393. The minimum absolute atomic E-state index is 0.0921. The fourth-order valence-electron chi connectivity index (χ4n) is 2.62. The van der Waals surface area contributed by atoms with Crippen LogP contribution in [0.1, 0.15) is 0 Å². The second-order valence-electron chi connectivity index (χ2n) is 5.70. The molecule has 0 saturated carbocycles. The molecule has 2 heterocycles. The fourth-order valence-corrected chi connectivity index (χ4v) is 2.75. The van der Waals surface area contributed by atoms with Crippen LogP contribution in [0, 0.1) is 11.6 Å². The topological polar surface area (TPSA) is 72.8 Å². The van der Waals surface area contributed by atoms with Crippen molar-refractivity contribution < 1.29 is 13.5 Å². The first-order valence-electron chi connectivity index (χ1n) is 7.78. The Morgan fingerprint density at radius 3 is 2.59 bits per heavy atom. The number of rotatable bonds is 3. The van der Waals surface area contributed by atoms with Crippen LogP contribution < -0.4 is 10.3 Å². The zero-order chi connectivity index (χ0) is 19.1. The van der Waals surface area contributed by atoms with E-state index in [0.717, 1.165) is 11.6 Å². The van der Waals surface area contributed by atoms with Gasteiger partial charge in [0.15, 0.2) is 22.7 Å². The Bertz CT molecular complexity index is 1220. The highest BCUT2D eigenvalue weighted by Crippen LogP contribution is 2.26. The molecule has 27 heavy (non-hydrogen) atoms. The van der Waals surface area contributed by atoms with Gasteiger partial charge in [0.1, 0.15) is 5.82 Å². The molecule has 4 aromatic rings. The highest BCUT2D eigenvalue weighted by atomic mass is 35.5. The van der Waals surface area contributed by atoms with Crippen molar-refractivity contribution in [3.63, 3.8) is 0 Å². The van der Waals surface area contributed by atoms with Gasteiger partial charge in [0.05, 0.1) is 0 Å². The number of hydrogen-bond donors (Lipinski definition) is 1. The number of aryl methyl sites for hydroxylation is 1. The normalized spacial score (nSPS) is 11.1. The van der Waals surface area contributed by atoms with Crippen LogP contribution in [0.15, 0.2) is 47.3 Å². The third kappa shape index (κ3) is 3.04. The summed E-state index contributed by atoms with van der Waals surface area (Å²) in [7, 11) is 1.68. The van der Waals surface area contributed by atoms with E-state index in [4.69, 9.17) is 16.3 Å². The van der Waals surface area contributed by atoms with Gasteiger partial charge < -0.3 is 9.30 Å². The smallest absolute Gasteiger partial charge is 0.304 e. The molecule has 0 fully saturated rings. The van der Waals surface area contributed by atoms with Crippen molar-refractivity contribution in [2.75, 3.05) is 0 Å². The molecule has 1 N–H and O–H groups in total. The highest BCUT2D eigenvalue weighted by molar-refractivity contribution is 6.30. The molecule has 0 aliphatic rings. The summed E-state index contributed by atoms with van der Waals surface area (Å²) in [4.78, 5) is 23.2. The Kier molecular flexibility index (Phi) is 4.12. The maximum absolute atomic E-state index is 13.8. The van der Waals surface area contributed by atoms with Gasteiger partial charge in [0.25, 0.3) is 5.56 Å². The van der Waals surface area contributed by atoms with Crippen LogP contribution in [0.25, 0.3) is 22.6 Å². The van der Waals surface area contributed by atoms with Crippen molar-refractivity contribution in [2.24, 2.45) is 7.05 Å². The van der Waals surface area contributed by atoms with Crippen LogP contribution in [0.3, 0.4) is 0 Å². The lowest BCUT2D eigenvalue weighted by Crippen LogP contribution is -2.10. The van der Waals surface area contributed by atoms with Crippen LogP contribution in [0.2, 0.25) is 5.02 Å². The highest BCUT2D eigenvalue weighted by Gasteiger charge is 2.17. The largest absolute Gasteiger partial charge is 0.422 e. The monoisotopic (exact) mass is 388 g/mol. The van der Waals surface area contributed by atoms with E-state index >= 15 is 0 Å². The van der Waals surface area contributed by atoms with E-state index in [1.807, 2.05) is 0 Å². The average molecular weight is 389 g/mol. The Hall–Kier alpha value is -3.26. The van der Waals surface area contributed by atoms with Crippen LogP contribution >= 0.6 is 11.6 Å². The van der Waals surface area contributed by atoms with Gasteiger partial charge >= 0.3 is 6.01 Å². The summed E-state index contributed by atoms with van der Waals surface area (Å²) in [5.41, 5.74) is 0.491. The molecule has 6 nitrogen and oxygen atoms in total. The maximum atomic E-state index is 13.8. The number of hydrogen-bond acceptors (Lipinski definition) is 4. The van der Waals surface area contributed by atoms with Crippen molar-refractivity contribution >= 4 is 22.8 Å². The van der Waals surface area contributed by atoms with Crippen LogP contribution in [0.4, 0.5) is 8.78 Å². The first-order valence-corrected chi connectivity index (χ1v) is 8.16. The van der Waals surface area contributed by atoms with E-state index in [-0.39, 0.29) is 17.2 Å². The first-order chi connectivity index (χ1) is 12.9. The molecule has 2 aromatic carbocycles. The number of nitrogens with zero attached hydrogens (tertiary/aromatic N) is 3. The zero-order valence-electron chi connectivity index (χ0n) is 13.8. The summed E-state index contributed by atoms with van der Waals surface area (Å²) in [6, 6.07) is 10.1. The predicted octanol–water partition coefficient (Wildman–Crippen LogP) is 4.05. The molecular weight excluding hydrogens is 378 g/mol. The average Bonchev–Trinajstić information content (AvgIpc) is 2.97. The van der Waals surface area contributed by atoms with Crippen molar-refractivity contribution in [2.45, 2.75) is 0 Å². The minimum atomic E-state index is -1.17. The Morgan fingerprint density at radius 2 is 1.85 bits per heavy atom. The van der Waals surface area contributed by atoms with Crippen molar-refractivity contribution in [3.05, 3.63) is 69.5 Å². The Labute approximate surface area is 156 Å². The molecule has 0 saturated heterocycles. The first kappa shape index (κ1) is 17.2. The number of aromatic nitrogens is 4. The van der Waals surface area contributed by atoms with E-state index in [2.05, 4.69) is 15.0 Å². The van der Waals surface area contributed by atoms with Gasteiger partial charge in [-0.2, -0.15) is 9.37 Å². The van der Waals surface area contributed by atoms with Crippen molar-refractivity contribution in [1.29, 1.82) is 0 Å². The summed E-state index contributed by atoms with van der Waals surface area (Å²) in [6.07, 6.45) is 0. The number of nitrogens with one attached hydrogen (secondary N) is 1. The predicted molar refractivity (Wildman–Crippen MR) is 96.0 cm³/mol. The lowest BCUT2D eigenvalue weighted by atomic mass is 10.2. The van der Waals surface area contributed by atoms with E-state index < -0.39 is 22.9 Å². The molecule has 0 unspecified atom stereocenters. The van der Waals surface area contributed by atoms with E-state index in [1.54, 1.807) is 35.9 Å². The second kappa shape index (κ2) is 6.48. The van der Waals surface area contributed by atoms with Gasteiger partial charge in [-0.3, -0.25) is 9.78 Å². The molecule has 0 spiro atoms. The quantitative estimate of drug-likeness (QED) is 0.574. The third-order valence-corrected chi connectivity index (χ3v) is 4.19. The van der Waals surface area contributed by atoms with E-state index in [9.17, 15) is 13.6 Å².